The van der Waals surface area contributed by atoms with Gasteiger partial charge in [-0.1, -0.05) is 54.8 Å². The highest BCUT2D eigenvalue weighted by Gasteiger charge is 2.48. The number of benzene rings is 2. The van der Waals surface area contributed by atoms with Crippen molar-refractivity contribution in [1.29, 1.82) is 0 Å². The number of hydrogen-bond acceptors (Lipinski definition) is 3. The molecule has 0 radical (unpaired) electrons. The number of likely N-dealkylation sites (tertiary alicyclic amines) is 1. The van der Waals surface area contributed by atoms with Crippen LogP contribution in [0.2, 0.25) is 5.02 Å². The summed E-state index contributed by atoms with van der Waals surface area (Å²) < 4.78 is 0. The highest BCUT2D eigenvalue weighted by molar-refractivity contribution is 6.31. The van der Waals surface area contributed by atoms with Crippen LogP contribution in [-0.4, -0.2) is 35.2 Å². The molecule has 2 fully saturated rings. The van der Waals surface area contributed by atoms with Gasteiger partial charge in [0.25, 0.3) is 0 Å². The normalized spacial score (nSPS) is 26.9. The van der Waals surface area contributed by atoms with Crippen LogP contribution in [0, 0.1) is 5.92 Å². The summed E-state index contributed by atoms with van der Waals surface area (Å²) >= 11 is 6.51. The van der Waals surface area contributed by atoms with Gasteiger partial charge in [0.05, 0.1) is 5.60 Å². The van der Waals surface area contributed by atoms with Gasteiger partial charge < -0.3 is 10.0 Å². The number of rotatable bonds is 6. The van der Waals surface area contributed by atoms with E-state index in [1.165, 1.54) is 23.2 Å². The van der Waals surface area contributed by atoms with Crippen LogP contribution < -0.4 is 4.90 Å². The van der Waals surface area contributed by atoms with Gasteiger partial charge in [0, 0.05) is 48.8 Å². The van der Waals surface area contributed by atoms with Crippen LogP contribution in [0.3, 0.4) is 0 Å². The first-order valence-electron chi connectivity index (χ1n) is 11.6. The summed E-state index contributed by atoms with van der Waals surface area (Å²) in [6.07, 6.45) is 5.24. The van der Waals surface area contributed by atoms with E-state index in [1.807, 2.05) is 12.1 Å². The highest BCUT2D eigenvalue weighted by atomic mass is 35.5. The van der Waals surface area contributed by atoms with Gasteiger partial charge >= 0.3 is 0 Å². The van der Waals surface area contributed by atoms with E-state index in [0.29, 0.717) is 0 Å². The molecule has 1 saturated carbocycles. The van der Waals surface area contributed by atoms with Crippen LogP contribution in [0.1, 0.15) is 63.1 Å². The van der Waals surface area contributed by atoms with Crippen LogP contribution in [0.25, 0.3) is 0 Å². The third-order valence-corrected chi connectivity index (χ3v) is 7.73. The molecule has 162 valence electrons. The van der Waals surface area contributed by atoms with Crippen LogP contribution >= 0.6 is 11.6 Å². The standard InChI is InChI=1S/C26H35ClN2O/c1-3-28(4-2)22-14-12-20(13-15-22)25-23-10-7-8-16-26(23,30)17-18-29(25)19-21-9-5-6-11-24(21)27/h5-6,9,11-15,23,25,30H,3-4,7-8,10,16-19H2,1-2H3/t23-,25-,26+/m0/s1. The van der Waals surface area contributed by atoms with Gasteiger partial charge in [0.1, 0.15) is 0 Å². The molecule has 0 bridgehead atoms. The molecule has 3 nitrogen and oxygen atoms in total. The van der Waals surface area contributed by atoms with Crippen LogP contribution in [-0.2, 0) is 6.54 Å². The Hall–Kier alpha value is -1.55. The predicted molar refractivity (Wildman–Crippen MR) is 126 cm³/mol. The molecule has 2 aromatic carbocycles. The Bertz CT molecular complexity index is 835. The van der Waals surface area contributed by atoms with Gasteiger partial charge in [-0.15, -0.1) is 0 Å². The fourth-order valence-corrected chi connectivity index (χ4v) is 5.87. The minimum absolute atomic E-state index is 0.228. The molecular formula is C26H35ClN2O. The third kappa shape index (κ3) is 4.26. The van der Waals surface area contributed by atoms with Crippen molar-refractivity contribution in [3.8, 4) is 0 Å². The Morgan fingerprint density at radius 1 is 1.03 bits per heavy atom. The summed E-state index contributed by atoms with van der Waals surface area (Å²) in [5, 5.41) is 12.4. The zero-order chi connectivity index (χ0) is 21.1. The molecule has 0 amide bonds. The van der Waals surface area contributed by atoms with Crippen molar-refractivity contribution in [2.45, 2.75) is 64.1 Å². The smallest absolute Gasteiger partial charge is 0.0706 e. The van der Waals surface area contributed by atoms with E-state index < -0.39 is 5.60 Å². The van der Waals surface area contributed by atoms with Gasteiger partial charge in [0.15, 0.2) is 0 Å². The summed E-state index contributed by atoms with van der Waals surface area (Å²) in [6.45, 7) is 8.16. The first-order valence-corrected chi connectivity index (χ1v) is 12.0. The van der Waals surface area contributed by atoms with Crippen molar-refractivity contribution in [1.82, 2.24) is 4.90 Å². The van der Waals surface area contributed by atoms with Gasteiger partial charge in [0.2, 0.25) is 0 Å². The van der Waals surface area contributed by atoms with E-state index in [-0.39, 0.29) is 12.0 Å². The van der Waals surface area contributed by atoms with Gasteiger partial charge in [-0.25, -0.2) is 0 Å². The molecule has 4 rings (SSSR count). The molecule has 3 atom stereocenters. The molecule has 0 aromatic heterocycles. The van der Waals surface area contributed by atoms with Crippen molar-refractivity contribution >= 4 is 17.3 Å². The molecule has 30 heavy (non-hydrogen) atoms. The fourth-order valence-electron chi connectivity index (χ4n) is 5.68. The number of halogens is 1. The largest absolute Gasteiger partial charge is 0.389 e. The topological polar surface area (TPSA) is 26.7 Å². The van der Waals surface area contributed by atoms with E-state index in [0.717, 1.165) is 56.9 Å². The second-order valence-electron chi connectivity index (χ2n) is 8.98. The molecule has 1 aliphatic carbocycles. The maximum absolute atomic E-state index is 11.5. The van der Waals surface area contributed by atoms with Gasteiger partial charge in [-0.05, 0) is 62.4 Å². The minimum atomic E-state index is -0.530. The Labute approximate surface area is 186 Å². The van der Waals surface area contributed by atoms with E-state index in [1.54, 1.807) is 0 Å². The molecule has 1 N–H and O–H groups in total. The average Bonchev–Trinajstić information content (AvgIpc) is 2.77. The Morgan fingerprint density at radius 3 is 2.47 bits per heavy atom. The van der Waals surface area contributed by atoms with E-state index in [4.69, 9.17) is 11.6 Å². The summed E-state index contributed by atoms with van der Waals surface area (Å²) in [7, 11) is 0. The Morgan fingerprint density at radius 2 is 1.77 bits per heavy atom. The van der Waals surface area contributed by atoms with Crippen LogP contribution in [0.4, 0.5) is 5.69 Å². The number of nitrogens with zero attached hydrogens (tertiary/aromatic N) is 2. The number of fused-ring (bicyclic) bond motifs is 1. The van der Waals surface area contributed by atoms with Gasteiger partial charge in [-0.2, -0.15) is 0 Å². The van der Waals surface area contributed by atoms with E-state index in [2.05, 4.69) is 60.0 Å². The molecule has 2 aromatic rings. The third-order valence-electron chi connectivity index (χ3n) is 7.37. The maximum atomic E-state index is 11.5. The predicted octanol–water partition coefficient (Wildman–Crippen LogP) is 6.05. The second kappa shape index (κ2) is 9.30. The first kappa shape index (κ1) is 21.7. The average molecular weight is 427 g/mol. The monoisotopic (exact) mass is 426 g/mol. The number of piperidine rings is 1. The molecule has 0 unspecified atom stereocenters. The quantitative estimate of drug-likeness (QED) is 0.608. The lowest BCUT2D eigenvalue weighted by Gasteiger charge is -2.53. The zero-order valence-corrected chi connectivity index (χ0v) is 19.1. The first-order chi connectivity index (χ1) is 14.6. The summed E-state index contributed by atoms with van der Waals surface area (Å²) in [5.41, 5.74) is 3.24. The van der Waals surface area contributed by atoms with Crippen molar-refractivity contribution in [2.75, 3.05) is 24.5 Å². The number of aliphatic hydroxyl groups is 1. The summed E-state index contributed by atoms with van der Waals surface area (Å²) in [4.78, 5) is 4.93. The maximum Gasteiger partial charge on any atom is 0.0706 e. The number of hydrogen-bond donors (Lipinski definition) is 1. The Balaban J connectivity index is 1.67. The second-order valence-corrected chi connectivity index (χ2v) is 9.38. The molecule has 2 aliphatic rings. The molecule has 4 heteroatoms. The number of anilines is 1. The molecular weight excluding hydrogens is 392 g/mol. The SMILES string of the molecule is CCN(CC)c1ccc([C@H]2[C@@H]3CCCC[C@@]3(O)CCN2Cc2ccccc2Cl)cc1. The van der Waals surface area contributed by atoms with Crippen molar-refractivity contribution in [3.63, 3.8) is 0 Å². The fraction of sp³-hybridized carbons (Fsp3) is 0.538. The lowest BCUT2D eigenvalue weighted by Crippen LogP contribution is -2.54. The molecule has 1 aliphatic heterocycles. The van der Waals surface area contributed by atoms with Crippen molar-refractivity contribution in [2.24, 2.45) is 5.92 Å². The van der Waals surface area contributed by atoms with Crippen molar-refractivity contribution < 1.29 is 5.11 Å². The lowest BCUT2D eigenvalue weighted by molar-refractivity contribution is -0.126. The van der Waals surface area contributed by atoms with Crippen LogP contribution in [0.5, 0.6) is 0 Å². The Kier molecular flexibility index (Phi) is 6.72. The van der Waals surface area contributed by atoms with E-state index in [9.17, 15) is 5.11 Å². The lowest BCUT2D eigenvalue weighted by atomic mass is 9.66. The van der Waals surface area contributed by atoms with Gasteiger partial charge in [-0.3, -0.25) is 4.90 Å². The van der Waals surface area contributed by atoms with Crippen molar-refractivity contribution in [3.05, 3.63) is 64.7 Å². The molecule has 1 saturated heterocycles. The van der Waals surface area contributed by atoms with E-state index >= 15 is 0 Å². The molecule has 0 spiro atoms. The van der Waals surface area contributed by atoms with Crippen LogP contribution in [0.15, 0.2) is 48.5 Å². The molecule has 1 heterocycles. The summed E-state index contributed by atoms with van der Waals surface area (Å²) in [5.74, 6) is 0.279. The summed E-state index contributed by atoms with van der Waals surface area (Å²) in [6, 6.07) is 17.5. The zero-order valence-electron chi connectivity index (χ0n) is 18.4. The highest BCUT2D eigenvalue weighted by Crippen LogP contribution is 2.49. The minimum Gasteiger partial charge on any atom is -0.389 e.